The van der Waals surface area contributed by atoms with Crippen LogP contribution in [-0.2, 0) is 15.3 Å². The van der Waals surface area contributed by atoms with Crippen molar-refractivity contribution >= 4 is 51.6 Å². The van der Waals surface area contributed by atoms with Crippen molar-refractivity contribution in [3.05, 3.63) is 51.9 Å². The molecule has 23 heavy (non-hydrogen) atoms. The van der Waals surface area contributed by atoms with Gasteiger partial charge in [0.15, 0.2) is 0 Å². The number of thioether (sulfide) groups is 1. The van der Waals surface area contributed by atoms with Gasteiger partial charge in [-0.05, 0) is 36.1 Å². The molecule has 0 radical (unpaired) electrons. The van der Waals surface area contributed by atoms with Crippen molar-refractivity contribution < 1.29 is 14.3 Å². The fraction of sp³-hybridized carbons (Fsp3) is 0.250. The van der Waals surface area contributed by atoms with Crippen molar-refractivity contribution in [1.29, 1.82) is 0 Å². The number of carbonyl (C=O) groups is 2. The van der Waals surface area contributed by atoms with Crippen molar-refractivity contribution in [3.63, 3.8) is 0 Å². The number of hydrogen-bond acceptors (Lipinski definition) is 5. The molecule has 2 rings (SSSR count). The topological polar surface area (TPSA) is 55.4 Å². The van der Waals surface area contributed by atoms with Crippen molar-refractivity contribution in [3.8, 4) is 0 Å². The number of ether oxygens (including phenoxy) is 1. The second-order valence-corrected chi connectivity index (χ2v) is 6.89. The number of hydrogen-bond donors (Lipinski definition) is 1. The van der Waals surface area contributed by atoms with Crippen molar-refractivity contribution in [1.82, 2.24) is 0 Å². The van der Waals surface area contributed by atoms with Gasteiger partial charge in [0, 0.05) is 10.8 Å². The Labute approximate surface area is 148 Å². The average molecular weight is 370 g/mol. The molecule has 0 aliphatic rings. The van der Waals surface area contributed by atoms with Gasteiger partial charge in [-0.1, -0.05) is 23.7 Å². The zero-order valence-corrected chi connectivity index (χ0v) is 14.9. The van der Waals surface area contributed by atoms with E-state index < -0.39 is 5.97 Å². The van der Waals surface area contributed by atoms with E-state index in [1.165, 1.54) is 23.1 Å². The fourth-order valence-electron chi connectivity index (χ4n) is 1.78. The molecular weight excluding hydrogens is 354 g/mol. The molecule has 1 heterocycles. The Bertz CT molecular complexity index is 670. The lowest BCUT2D eigenvalue weighted by molar-refractivity contribution is -0.113. The molecule has 0 saturated heterocycles. The zero-order valence-electron chi connectivity index (χ0n) is 12.5. The summed E-state index contributed by atoms with van der Waals surface area (Å²) in [6.45, 7) is 2.05. The van der Waals surface area contributed by atoms with Crippen LogP contribution in [0, 0.1) is 0 Å². The Morgan fingerprint density at radius 1 is 1.26 bits per heavy atom. The summed E-state index contributed by atoms with van der Waals surface area (Å²) in [4.78, 5) is 23.7. The van der Waals surface area contributed by atoms with E-state index in [0.717, 1.165) is 11.3 Å². The number of rotatable bonds is 7. The van der Waals surface area contributed by atoms with Gasteiger partial charge in [-0.15, -0.1) is 23.1 Å². The van der Waals surface area contributed by atoms with Crippen LogP contribution < -0.4 is 5.32 Å². The molecule has 1 amide bonds. The fourth-order valence-corrected chi connectivity index (χ4v) is 3.49. The SMILES string of the molecule is CCOC(=O)c1ccsc1NC(=O)CSCc1ccc(Cl)cc1. The molecule has 0 bridgehead atoms. The maximum absolute atomic E-state index is 12.0. The van der Waals surface area contributed by atoms with Crippen LogP contribution in [-0.4, -0.2) is 24.2 Å². The van der Waals surface area contributed by atoms with E-state index in [2.05, 4.69) is 5.32 Å². The first-order chi connectivity index (χ1) is 11.1. The number of thiophene rings is 1. The molecule has 1 aromatic carbocycles. The second-order valence-electron chi connectivity index (χ2n) is 4.55. The minimum atomic E-state index is -0.419. The Balaban J connectivity index is 1.82. The molecular formula is C16H16ClNO3S2. The van der Waals surface area contributed by atoms with E-state index >= 15 is 0 Å². The molecule has 0 aliphatic heterocycles. The van der Waals surface area contributed by atoms with Gasteiger partial charge in [0.25, 0.3) is 0 Å². The molecule has 1 N–H and O–H groups in total. The smallest absolute Gasteiger partial charge is 0.341 e. The molecule has 2 aromatic rings. The first kappa shape index (κ1) is 17.8. The van der Waals surface area contributed by atoms with Gasteiger partial charge in [0.05, 0.1) is 17.9 Å². The zero-order chi connectivity index (χ0) is 16.7. The van der Waals surface area contributed by atoms with Crippen LogP contribution in [0.1, 0.15) is 22.8 Å². The second kappa shape index (κ2) is 8.96. The first-order valence-corrected chi connectivity index (χ1v) is 9.38. The Morgan fingerprint density at radius 3 is 2.70 bits per heavy atom. The third-order valence-electron chi connectivity index (χ3n) is 2.83. The Hall–Kier alpha value is -1.50. The summed E-state index contributed by atoms with van der Waals surface area (Å²) < 4.78 is 4.96. The lowest BCUT2D eigenvalue weighted by atomic mass is 10.2. The third-order valence-corrected chi connectivity index (χ3v) is 4.91. The maximum Gasteiger partial charge on any atom is 0.341 e. The van der Waals surface area contributed by atoms with Gasteiger partial charge in [-0.25, -0.2) is 4.79 Å². The number of benzene rings is 1. The molecule has 0 fully saturated rings. The highest BCUT2D eigenvalue weighted by Gasteiger charge is 2.15. The third kappa shape index (κ3) is 5.57. The van der Waals surface area contributed by atoms with E-state index in [1.807, 2.05) is 24.3 Å². The van der Waals surface area contributed by atoms with Crippen LogP contribution in [0.25, 0.3) is 0 Å². The number of anilines is 1. The van der Waals surface area contributed by atoms with Gasteiger partial charge in [0.1, 0.15) is 5.00 Å². The molecule has 0 saturated carbocycles. The Kier molecular flexibility index (Phi) is 6.95. The van der Waals surface area contributed by atoms with Crippen molar-refractivity contribution in [2.75, 3.05) is 17.7 Å². The summed E-state index contributed by atoms with van der Waals surface area (Å²) in [6, 6.07) is 9.18. The molecule has 0 atom stereocenters. The summed E-state index contributed by atoms with van der Waals surface area (Å²) in [5, 5.41) is 5.74. The van der Waals surface area contributed by atoms with E-state index in [4.69, 9.17) is 16.3 Å². The van der Waals surface area contributed by atoms with Gasteiger partial charge >= 0.3 is 5.97 Å². The Morgan fingerprint density at radius 2 is 2.00 bits per heavy atom. The van der Waals surface area contributed by atoms with Crippen LogP contribution in [0.4, 0.5) is 5.00 Å². The van der Waals surface area contributed by atoms with Crippen LogP contribution in [0.5, 0.6) is 0 Å². The number of esters is 1. The van der Waals surface area contributed by atoms with Gasteiger partial charge < -0.3 is 10.1 Å². The van der Waals surface area contributed by atoms with Gasteiger partial charge in [0.2, 0.25) is 5.91 Å². The highest BCUT2D eigenvalue weighted by Crippen LogP contribution is 2.24. The summed E-state index contributed by atoms with van der Waals surface area (Å²) in [5.74, 6) is 0.470. The van der Waals surface area contributed by atoms with Crippen molar-refractivity contribution in [2.24, 2.45) is 0 Å². The molecule has 0 spiro atoms. The predicted molar refractivity (Wildman–Crippen MR) is 96.5 cm³/mol. The normalized spacial score (nSPS) is 10.3. The molecule has 4 nitrogen and oxygen atoms in total. The standard InChI is InChI=1S/C16H16ClNO3S2/c1-2-21-16(20)13-7-8-23-15(13)18-14(19)10-22-9-11-3-5-12(17)6-4-11/h3-8H,2,9-10H2,1H3,(H,18,19). The van der Waals surface area contributed by atoms with E-state index in [1.54, 1.807) is 18.4 Å². The van der Waals surface area contributed by atoms with Crippen LogP contribution in [0.2, 0.25) is 5.02 Å². The van der Waals surface area contributed by atoms with Crippen LogP contribution in [0.3, 0.4) is 0 Å². The lowest BCUT2D eigenvalue weighted by Crippen LogP contribution is -2.16. The van der Waals surface area contributed by atoms with E-state index in [9.17, 15) is 9.59 Å². The predicted octanol–water partition coefficient (Wildman–Crippen LogP) is 4.45. The monoisotopic (exact) mass is 369 g/mol. The van der Waals surface area contributed by atoms with Gasteiger partial charge in [-0.2, -0.15) is 0 Å². The summed E-state index contributed by atoms with van der Waals surface area (Å²) in [7, 11) is 0. The molecule has 1 aromatic heterocycles. The number of halogens is 1. The van der Waals surface area contributed by atoms with E-state index in [-0.39, 0.29) is 5.91 Å². The number of nitrogens with one attached hydrogen (secondary N) is 1. The quantitative estimate of drug-likeness (QED) is 0.732. The molecule has 0 unspecified atom stereocenters. The first-order valence-electron chi connectivity index (χ1n) is 6.96. The molecule has 7 heteroatoms. The average Bonchev–Trinajstić information content (AvgIpc) is 2.97. The minimum absolute atomic E-state index is 0.142. The maximum atomic E-state index is 12.0. The molecule has 0 aliphatic carbocycles. The van der Waals surface area contributed by atoms with E-state index in [0.29, 0.717) is 27.9 Å². The van der Waals surface area contributed by atoms with Crippen LogP contribution >= 0.6 is 34.7 Å². The number of amides is 1. The summed E-state index contributed by atoms with van der Waals surface area (Å²) in [6.07, 6.45) is 0. The lowest BCUT2D eigenvalue weighted by Gasteiger charge is -2.06. The highest BCUT2D eigenvalue weighted by molar-refractivity contribution is 7.99. The summed E-state index contributed by atoms with van der Waals surface area (Å²) >= 11 is 8.64. The molecule has 122 valence electrons. The highest BCUT2D eigenvalue weighted by atomic mass is 35.5. The van der Waals surface area contributed by atoms with Crippen molar-refractivity contribution in [2.45, 2.75) is 12.7 Å². The van der Waals surface area contributed by atoms with Crippen LogP contribution in [0.15, 0.2) is 35.7 Å². The largest absolute Gasteiger partial charge is 0.462 e. The minimum Gasteiger partial charge on any atom is -0.462 e. The summed E-state index contributed by atoms with van der Waals surface area (Å²) in [5.41, 5.74) is 1.50. The number of carbonyl (C=O) groups excluding carboxylic acids is 2. The van der Waals surface area contributed by atoms with Gasteiger partial charge in [-0.3, -0.25) is 4.79 Å².